The fourth-order valence-corrected chi connectivity index (χ4v) is 3.49. The van der Waals surface area contributed by atoms with Crippen molar-refractivity contribution in [2.75, 3.05) is 7.11 Å². The van der Waals surface area contributed by atoms with Gasteiger partial charge >= 0.3 is 5.97 Å². The van der Waals surface area contributed by atoms with Crippen molar-refractivity contribution in [1.82, 2.24) is 4.98 Å². The van der Waals surface area contributed by atoms with E-state index in [1.54, 1.807) is 0 Å². The highest BCUT2D eigenvalue weighted by Crippen LogP contribution is 2.38. The summed E-state index contributed by atoms with van der Waals surface area (Å²) in [5, 5.41) is 3.77. The molecule has 1 N–H and O–H groups in total. The normalized spacial score (nSPS) is 13.3. The van der Waals surface area contributed by atoms with Gasteiger partial charge in [-0.3, -0.25) is 0 Å². The molecule has 0 radical (unpaired) electrons. The van der Waals surface area contributed by atoms with Crippen LogP contribution < -0.4 is 0 Å². The summed E-state index contributed by atoms with van der Waals surface area (Å²) < 4.78 is 4.86. The van der Waals surface area contributed by atoms with E-state index in [2.05, 4.69) is 29.2 Å². The second kappa shape index (κ2) is 3.85. The van der Waals surface area contributed by atoms with Crippen molar-refractivity contribution in [3.63, 3.8) is 0 Å². The van der Waals surface area contributed by atoms with Crippen molar-refractivity contribution in [2.24, 2.45) is 0 Å². The lowest BCUT2D eigenvalue weighted by Crippen LogP contribution is -2.02. The largest absolute Gasteiger partial charge is 0.464 e. The van der Waals surface area contributed by atoms with E-state index in [9.17, 15) is 4.79 Å². The highest BCUT2D eigenvalue weighted by molar-refractivity contribution is 6.14. The molecule has 1 heterocycles. The topological polar surface area (TPSA) is 42.1 Å². The predicted molar refractivity (Wildman–Crippen MR) is 79.3 cm³/mol. The van der Waals surface area contributed by atoms with Crippen LogP contribution in [0, 0.1) is 6.92 Å². The molecule has 100 valence electrons. The van der Waals surface area contributed by atoms with Crippen LogP contribution in [0.2, 0.25) is 0 Å². The lowest BCUT2D eigenvalue weighted by Gasteiger charge is -2.04. The van der Waals surface area contributed by atoms with Crippen LogP contribution in [-0.4, -0.2) is 18.1 Å². The Morgan fingerprint density at radius 3 is 2.80 bits per heavy atom. The average Bonchev–Trinajstić information content (AvgIpc) is 3.02. The quantitative estimate of drug-likeness (QED) is 0.684. The lowest BCUT2D eigenvalue weighted by atomic mass is 9.99. The molecule has 1 aliphatic rings. The Hall–Kier alpha value is -2.29. The second-order valence-corrected chi connectivity index (χ2v) is 5.41. The predicted octanol–water partition coefficient (Wildman–Crippen LogP) is 3.51. The van der Waals surface area contributed by atoms with Crippen LogP contribution in [0.4, 0.5) is 0 Å². The van der Waals surface area contributed by atoms with E-state index >= 15 is 0 Å². The van der Waals surface area contributed by atoms with E-state index in [1.807, 2.05) is 6.92 Å². The molecule has 20 heavy (non-hydrogen) atoms. The molecule has 1 aromatic heterocycles. The smallest absolute Gasteiger partial charge is 0.354 e. The first kappa shape index (κ1) is 11.5. The highest BCUT2D eigenvalue weighted by atomic mass is 16.5. The molecule has 3 heteroatoms. The van der Waals surface area contributed by atoms with Gasteiger partial charge in [0.25, 0.3) is 0 Å². The van der Waals surface area contributed by atoms with Crippen LogP contribution in [-0.2, 0) is 17.6 Å². The first-order chi connectivity index (χ1) is 9.70. The van der Waals surface area contributed by atoms with E-state index in [1.165, 1.54) is 29.0 Å². The molecule has 3 aromatic rings. The number of hydrogen-bond acceptors (Lipinski definition) is 2. The third-order valence-corrected chi connectivity index (χ3v) is 4.39. The number of rotatable bonds is 1. The van der Waals surface area contributed by atoms with E-state index < -0.39 is 0 Å². The number of esters is 1. The summed E-state index contributed by atoms with van der Waals surface area (Å²) in [5.41, 5.74) is 5.36. The number of aryl methyl sites for hydroxylation is 3. The molecule has 3 nitrogen and oxygen atoms in total. The Morgan fingerprint density at radius 1 is 1.20 bits per heavy atom. The summed E-state index contributed by atoms with van der Waals surface area (Å²) in [6.45, 7) is 1.98. The summed E-state index contributed by atoms with van der Waals surface area (Å²) in [6, 6.07) is 8.65. The minimum Gasteiger partial charge on any atom is -0.464 e. The molecule has 0 spiro atoms. The van der Waals surface area contributed by atoms with Crippen molar-refractivity contribution in [2.45, 2.75) is 19.8 Å². The number of carbonyl (C=O) groups is 1. The van der Waals surface area contributed by atoms with E-state index in [4.69, 9.17) is 4.74 Å². The van der Waals surface area contributed by atoms with Crippen molar-refractivity contribution < 1.29 is 9.53 Å². The maximum atomic E-state index is 11.9. The molecular formula is C17H15NO2. The molecule has 0 fully saturated rings. The molecule has 1 aliphatic carbocycles. The molecule has 0 bridgehead atoms. The fourth-order valence-electron chi connectivity index (χ4n) is 3.49. The SMILES string of the molecule is COC(=O)c1[nH]c2cc3c4c(cccc4c2c1C)CC3. The van der Waals surface area contributed by atoms with Gasteiger partial charge in [-0.05, 0) is 53.3 Å². The minimum absolute atomic E-state index is 0.304. The fraction of sp³-hybridized carbons (Fsp3) is 0.235. The Kier molecular flexibility index (Phi) is 2.22. The molecule has 0 amide bonds. The van der Waals surface area contributed by atoms with E-state index in [-0.39, 0.29) is 5.97 Å². The van der Waals surface area contributed by atoms with Crippen molar-refractivity contribution in [1.29, 1.82) is 0 Å². The average molecular weight is 265 g/mol. The number of nitrogens with one attached hydrogen (secondary N) is 1. The van der Waals surface area contributed by atoms with Crippen molar-refractivity contribution in [3.05, 3.63) is 46.6 Å². The van der Waals surface area contributed by atoms with Gasteiger partial charge < -0.3 is 9.72 Å². The van der Waals surface area contributed by atoms with Crippen LogP contribution in [0.3, 0.4) is 0 Å². The van der Waals surface area contributed by atoms with Crippen LogP contribution in [0.5, 0.6) is 0 Å². The summed E-state index contributed by atoms with van der Waals surface area (Å²) in [5.74, 6) is -0.304. The number of fused-ring (bicyclic) bond motifs is 2. The molecule has 0 aliphatic heterocycles. The number of aromatic amines is 1. The molecule has 2 aromatic carbocycles. The Labute approximate surface area is 116 Å². The number of benzene rings is 2. The number of H-pyrrole nitrogens is 1. The summed E-state index contributed by atoms with van der Waals surface area (Å²) >= 11 is 0. The standard InChI is InChI=1S/C17H15NO2/c1-9-14-12-5-3-4-10-6-7-11(15(10)12)8-13(14)18-16(9)17(19)20-2/h3-5,8,18H,6-7H2,1-2H3. The molecule has 0 unspecified atom stereocenters. The van der Waals surface area contributed by atoms with Crippen LogP contribution >= 0.6 is 0 Å². The van der Waals surface area contributed by atoms with Gasteiger partial charge in [-0.15, -0.1) is 0 Å². The van der Waals surface area contributed by atoms with Crippen LogP contribution in [0.15, 0.2) is 24.3 Å². The first-order valence-electron chi connectivity index (χ1n) is 6.84. The number of carbonyl (C=O) groups excluding carboxylic acids is 1. The van der Waals surface area contributed by atoms with Gasteiger partial charge in [0.1, 0.15) is 5.69 Å². The summed E-state index contributed by atoms with van der Waals surface area (Å²) in [4.78, 5) is 15.1. The maximum Gasteiger partial charge on any atom is 0.354 e. The van der Waals surface area contributed by atoms with Gasteiger partial charge in [-0.25, -0.2) is 4.79 Å². The molecule has 0 atom stereocenters. The van der Waals surface area contributed by atoms with Gasteiger partial charge in [-0.1, -0.05) is 18.2 Å². The molecule has 0 saturated heterocycles. The van der Waals surface area contributed by atoms with Gasteiger partial charge in [0.15, 0.2) is 0 Å². The molecular weight excluding hydrogens is 250 g/mol. The monoisotopic (exact) mass is 265 g/mol. The van der Waals surface area contributed by atoms with Crippen molar-refractivity contribution >= 4 is 27.6 Å². The zero-order chi connectivity index (χ0) is 13.9. The minimum atomic E-state index is -0.304. The summed E-state index contributed by atoms with van der Waals surface area (Å²) in [6.07, 6.45) is 2.19. The number of aromatic nitrogens is 1. The van der Waals surface area contributed by atoms with Gasteiger partial charge in [0.2, 0.25) is 0 Å². The lowest BCUT2D eigenvalue weighted by molar-refractivity contribution is 0.0594. The van der Waals surface area contributed by atoms with E-state index in [0.29, 0.717) is 5.69 Å². The Bertz CT molecular complexity index is 874. The number of ether oxygens (including phenoxy) is 1. The number of hydrogen-bond donors (Lipinski definition) is 1. The van der Waals surface area contributed by atoms with Crippen LogP contribution in [0.1, 0.15) is 27.2 Å². The van der Waals surface area contributed by atoms with E-state index in [0.717, 1.165) is 29.3 Å². The highest BCUT2D eigenvalue weighted by Gasteiger charge is 2.21. The first-order valence-corrected chi connectivity index (χ1v) is 6.84. The molecule has 4 rings (SSSR count). The zero-order valence-electron chi connectivity index (χ0n) is 11.5. The maximum absolute atomic E-state index is 11.9. The second-order valence-electron chi connectivity index (χ2n) is 5.41. The number of methoxy groups -OCH3 is 1. The van der Waals surface area contributed by atoms with Gasteiger partial charge in [0.05, 0.1) is 7.11 Å². The molecule has 0 saturated carbocycles. The zero-order valence-corrected chi connectivity index (χ0v) is 11.5. The van der Waals surface area contributed by atoms with Crippen LogP contribution in [0.25, 0.3) is 21.7 Å². The third-order valence-electron chi connectivity index (χ3n) is 4.39. The van der Waals surface area contributed by atoms with Crippen molar-refractivity contribution in [3.8, 4) is 0 Å². The van der Waals surface area contributed by atoms with Gasteiger partial charge in [0, 0.05) is 10.9 Å². The Morgan fingerprint density at radius 2 is 2.00 bits per heavy atom. The Balaban J connectivity index is 2.18. The van der Waals surface area contributed by atoms with Gasteiger partial charge in [-0.2, -0.15) is 0 Å². The summed E-state index contributed by atoms with van der Waals surface area (Å²) in [7, 11) is 1.41. The third kappa shape index (κ3) is 1.32.